The van der Waals surface area contributed by atoms with Gasteiger partial charge in [0.2, 0.25) is 18.6 Å². The van der Waals surface area contributed by atoms with Gasteiger partial charge in [-0.1, -0.05) is 6.07 Å². The summed E-state index contributed by atoms with van der Waals surface area (Å²) in [6, 6.07) is 9.39. The fourth-order valence-electron chi connectivity index (χ4n) is 3.10. The Kier molecular flexibility index (Phi) is 5.29. The van der Waals surface area contributed by atoms with Gasteiger partial charge in [-0.25, -0.2) is 4.98 Å². The third-order valence-electron chi connectivity index (χ3n) is 4.57. The number of halogens is 1. The molecule has 0 radical (unpaired) electrons. The largest absolute Gasteiger partial charge is 0.473 e. The summed E-state index contributed by atoms with van der Waals surface area (Å²) < 4.78 is 17.4. The highest BCUT2D eigenvalue weighted by Crippen LogP contribution is 2.32. The Labute approximate surface area is 165 Å². The number of pyridine rings is 1. The van der Waals surface area contributed by atoms with E-state index >= 15 is 0 Å². The van der Waals surface area contributed by atoms with E-state index in [1.165, 1.54) is 0 Å². The normalized spacial score (nSPS) is 16.7. The van der Waals surface area contributed by atoms with Crippen molar-refractivity contribution in [1.82, 2.24) is 9.88 Å². The molecule has 0 unspecified atom stereocenters. The molecule has 6 nitrogen and oxygen atoms in total. The molecule has 4 rings (SSSR count). The van der Waals surface area contributed by atoms with Gasteiger partial charge in [0.15, 0.2) is 11.5 Å². The van der Waals surface area contributed by atoms with Crippen LogP contribution in [0.3, 0.4) is 0 Å². The molecule has 0 N–H and O–H groups in total. The highest BCUT2D eigenvalue weighted by Gasteiger charge is 2.23. The third kappa shape index (κ3) is 4.24. The van der Waals surface area contributed by atoms with Crippen molar-refractivity contribution >= 4 is 27.9 Å². The van der Waals surface area contributed by atoms with E-state index in [2.05, 4.69) is 20.9 Å². The van der Waals surface area contributed by atoms with Crippen molar-refractivity contribution < 1.29 is 19.0 Å². The molecule has 1 aromatic carbocycles. The van der Waals surface area contributed by atoms with Crippen LogP contribution >= 0.6 is 15.9 Å². The van der Waals surface area contributed by atoms with Crippen LogP contribution < -0.4 is 14.2 Å². The topological polar surface area (TPSA) is 60.9 Å². The van der Waals surface area contributed by atoms with Crippen molar-refractivity contribution in [2.75, 3.05) is 19.9 Å². The fraction of sp³-hybridized carbons (Fsp3) is 0.300. The van der Waals surface area contributed by atoms with Crippen molar-refractivity contribution in [1.29, 1.82) is 0 Å². The number of fused-ring (bicyclic) bond motifs is 1. The van der Waals surface area contributed by atoms with E-state index in [9.17, 15) is 4.79 Å². The highest BCUT2D eigenvalue weighted by molar-refractivity contribution is 9.10. The molecule has 1 fully saturated rings. The van der Waals surface area contributed by atoms with E-state index in [0.717, 1.165) is 28.6 Å². The van der Waals surface area contributed by atoms with Crippen LogP contribution in [0.25, 0.3) is 6.08 Å². The lowest BCUT2D eigenvalue weighted by Crippen LogP contribution is -2.41. The van der Waals surface area contributed by atoms with Gasteiger partial charge in [0.1, 0.15) is 6.10 Å². The molecule has 2 aliphatic rings. The van der Waals surface area contributed by atoms with Crippen LogP contribution in [0.2, 0.25) is 0 Å². The number of amides is 1. The van der Waals surface area contributed by atoms with Crippen LogP contribution in [0.5, 0.6) is 17.4 Å². The third-order valence-corrected chi connectivity index (χ3v) is 5.18. The van der Waals surface area contributed by atoms with Crippen molar-refractivity contribution in [3.63, 3.8) is 0 Å². The van der Waals surface area contributed by atoms with Crippen LogP contribution in [0.1, 0.15) is 18.4 Å². The Bertz CT molecular complexity index is 863. The Hall–Kier alpha value is -2.54. The molecular formula is C20H19BrN2O4. The summed E-state index contributed by atoms with van der Waals surface area (Å²) in [5.74, 6) is 2.05. The lowest BCUT2D eigenvalue weighted by molar-refractivity contribution is -0.127. The molecule has 0 spiro atoms. The first-order valence-electron chi connectivity index (χ1n) is 8.83. The number of nitrogens with zero attached hydrogens (tertiary/aromatic N) is 2. The van der Waals surface area contributed by atoms with Crippen LogP contribution in [-0.4, -0.2) is 41.8 Å². The smallest absolute Gasteiger partial charge is 0.246 e. The standard InChI is InChI=1S/C20H19BrN2O4/c21-16-2-1-9-22-20(16)27-15-7-10-23(11-8-15)19(24)6-4-14-3-5-17-18(12-14)26-13-25-17/h1-6,9,12,15H,7-8,10-11,13H2. The second kappa shape index (κ2) is 8.00. The number of ether oxygens (including phenoxy) is 3. The number of hydrogen-bond donors (Lipinski definition) is 0. The average molecular weight is 431 g/mol. The number of aromatic nitrogens is 1. The number of carbonyl (C=O) groups is 1. The summed E-state index contributed by atoms with van der Waals surface area (Å²) in [5, 5.41) is 0. The van der Waals surface area contributed by atoms with Crippen LogP contribution in [0.15, 0.2) is 47.1 Å². The molecule has 0 atom stereocenters. The molecule has 1 amide bonds. The van der Waals surface area contributed by atoms with Gasteiger partial charge in [-0.15, -0.1) is 0 Å². The Morgan fingerprint density at radius 1 is 1.22 bits per heavy atom. The van der Waals surface area contributed by atoms with Gasteiger partial charge in [0.25, 0.3) is 0 Å². The van der Waals surface area contributed by atoms with Crippen molar-refractivity contribution in [2.24, 2.45) is 0 Å². The lowest BCUT2D eigenvalue weighted by atomic mass is 10.1. The van der Waals surface area contributed by atoms with Crippen LogP contribution in [-0.2, 0) is 4.79 Å². The molecule has 0 saturated carbocycles. The number of hydrogen-bond acceptors (Lipinski definition) is 5. The maximum atomic E-state index is 12.4. The first kappa shape index (κ1) is 17.9. The van der Waals surface area contributed by atoms with Crippen molar-refractivity contribution in [2.45, 2.75) is 18.9 Å². The first-order chi connectivity index (χ1) is 13.2. The maximum Gasteiger partial charge on any atom is 0.246 e. The quantitative estimate of drug-likeness (QED) is 0.692. The van der Waals surface area contributed by atoms with Gasteiger partial charge in [0.05, 0.1) is 4.47 Å². The number of carbonyl (C=O) groups excluding carboxylic acids is 1. The zero-order valence-electron chi connectivity index (χ0n) is 14.6. The Morgan fingerprint density at radius 3 is 2.85 bits per heavy atom. The van der Waals surface area contributed by atoms with Crippen LogP contribution in [0, 0.1) is 0 Å². The van der Waals surface area contributed by atoms with E-state index < -0.39 is 0 Å². The summed E-state index contributed by atoms with van der Waals surface area (Å²) in [5.41, 5.74) is 0.908. The SMILES string of the molecule is O=C(C=Cc1ccc2c(c1)OCO2)N1CCC(Oc2ncccc2Br)CC1. The number of likely N-dealkylation sites (tertiary alicyclic amines) is 1. The first-order valence-corrected chi connectivity index (χ1v) is 9.62. The predicted molar refractivity (Wildman–Crippen MR) is 104 cm³/mol. The molecule has 2 aliphatic heterocycles. The number of benzene rings is 1. The molecule has 140 valence electrons. The van der Waals surface area contributed by atoms with Gasteiger partial charge in [-0.2, -0.15) is 0 Å². The van der Waals surface area contributed by atoms with E-state index in [1.54, 1.807) is 18.3 Å². The highest BCUT2D eigenvalue weighted by atomic mass is 79.9. The van der Waals surface area contributed by atoms with E-state index in [-0.39, 0.29) is 18.8 Å². The molecule has 27 heavy (non-hydrogen) atoms. The van der Waals surface area contributed by atoms with Crippen molar-refractivity contribution in [3.8, 4) is 17.4 Å². The van der Waals surface area contributed by atoms with Crippen molar-refractivity contribution in [3.05, 3.63) is 52.6 Å². The van der Waals surface area contributed by atoms with Gasteiger partial charge in [-0.05, 0) is 51.8 Å². The zero-order chi connectivity index (χ0) is 18.6. The number of piperidine rings is 1. The molecule has 3 heterocycles. The summed E-state index contributed by atoms with van der Waals surface area (Å²) in [6.07, 6.45) is 6.75. The maximum absolute atomic E-state index is 12.4. The van der Waals surface area contributed by atoms with Gasteiger partial charge in [0, 0.05) is 38.2 Å². The monoisotopic (exact) mass is 430 g/mol. The Balaban J connectivity index is 1.30. The molecule has 2 aromatic rings. The minimum Gasteiger partial charge on any atom is -0.473 e. The summed E-state index contributed by atoms with van der Waals surface area (Å²) in [7, 11) is 0. The van der Waals surface area contributed by atoms with Gasteiger partial charge >= 0.3 is 0 Å². The minimum atomic E-state index is 0.00475. The summed E-state index contributed by atoms with van der Waals surface area (Å²) >= 11 is 3.44. The predicted octanol–water partition coefficient (Wildman–Crippen LogP) is 3.66. The molecule has 1 aromatic heterocycles. The van der Waals surface area contributed by atoms with E-state index in [4.69, 9.17) is 14.2 Å². The van der Waals surface area contributed by atoms with Gasteiger partial charge in [-0.3, -0.25) is 4.79 Å². The van der Waals surface area contributed by atoms with Gasteiger partial charge < -0.3 is 19.1 Å². The molecule has 7 heteroatoms. The molecular weight excluding hydrogens is 412 g/mol. The fourth-order valence-corrected chi connectivity index (χ4v) is 3.45. The van der Waals surface area contributed by atoms with E-state index in [0.29, 0.717) is 24.7 Å². The van der Waals surface area contributed by atoms with E-state index in [1.807, 2.05) is 35.2 Å². The Morgan fingerprint density at radius 2 is 2.04 bits per heavy atom. The lowest BCUT2D eigenvalue weighted by Gasteiger charge is -2.31. The molecule has 0 bridgehead atoms. The van der Waals surface area contributed by atoms with Crippen LogP contribution in [0.4, 0.5) is 0 Å². The zero-order valence-corrected chi connectivity index (χ0v) is 16.2. The number of rotatable bonds is 4. The molecule has 0 aliphatic carbocycles. The average Bonchev–Trinajstić information content (AvgIpc) is 3.16. The molecule has 1 saturated heterocycles. The second-order valence-electron chi connectivity index (χ2n) is 6.38. The summed E-state index contributed by atoms with van der Waals surface area (Å²) in [6.45, 7) is 1.58. The minimum absolute atomic E-state index is 0.00475. The second-order valence-corrected chi connectivity index (χ2v) is 7.23. The summed E-state index contributed by atoms with van der Waals surface area (Å²) in [4.78, 5) is 18.5.